The van der Waals surface area contributed by atoms with E-state index in [0.29, 0.717) is 22.9 Å². The molecule has 25 heavy (non-hydrogen) atoms. The molecule has 0 saturated heterocycles. The number of nitrogens with zero attached hydrogens (tertiary/aromatic N) is 1. The number of rotatable bonds is 5. The molecule has 1 amide bonds. The summed E-state index contributed by atoms with van der Waals surface area (Å²) >= 11 is 0. The quantitative estimate of drug-likeness (QED) is 0.773. The fraction of sp³-hybridized carbons (Fsp3) is 0.211. The third-order valence-corrected chi connectivity index (χ3v) is 4.14. The highest BCUT2D eigenvalue weighted by Crippen LogP contribution is 2.31. The maximum absolute atomic E-state index is 12.7. The highest BCUT2D eigenvalue weighted by Gasteiger charge is 2.16. The number of carbonyl (C=O) groups excluding carboxylic acids is 1. The average Bonchev–Trinajstić information content (AvgIpc) is 2.98. The number of benzene rings is 2. The molecule has 1 aromatic heterocycles. The molecule has 6 heteroatoms. The second-order valence-corrected chi connectivity index (χ2v) is 5.51. The molecule has 3 rings (SSSR count). The molecule has 0 spiro atoms. The van der Waals surface area contributed by atoms with Crippen molar-refractivity contribution in [2.45, 2.75) is 0 Å². The van der Waals surface area contributed by atoms with Crippen LogP contribution < -0.4 is 19.5 Å². The first-order valence-electron chi connectivity index (χ1n) is 7.75. The van der Waals surface area contributed by atoms with Crippen molar-refractivity contribution in [2.24, 2.45) is 7.05 Å². The van der Waals surface area contributed by atoms with Gasteiger partial charge in [-0.05, 0) is 30.3 Å². The van der Waals surface area contributed by atoms with Crippen LogP contribution in [-0.4, -0.2) is 31.8 Å². The van der Waals surface area contributed by atoms with E-state index in [-0.39, 0.29) is 5.91 Å². The molecule has 6 nitrogen and oxygen atoms in total. The Morgan fingerprint density at radius 2 is 1.64 bits per heavy atom. The molecular weight excluding hydrogens is 320 g/mol. The number of hydrogen-bond donors (Lipinski definition) is 1. The first-order chi connectivity index (χ1) is 12.1. The van der Waals surface area contributed by atoms with E-state index in [2.05, 4.69) is 5.32 Å². The van der Waals surface area contributed by atoms with Gasteiger partial charge < -0.3 is 24.1 Å². The number of aromatic nitrogens is 1. The summed E-state index contributed by atoms with van der Waals surface area (Å²) in [6.07, 6.45) is 0. The van der Waals surface area contributed by atoms with Gasteiger partial charge in [0.15, 0.2) is 11.5 Å². The number of nitrogens with one attached hydrogen (secondary N) is 1. The number of aryl methyl sites for hydroxylation is 1. The summed E-state index contributed by atoms with van der Waals surface area (Å²) in [6, 6.07) is 12.8. The summed E-state index contributed by atoms with van der Waals surface area (Å²) in [4.78, 5) is 12.7. The van der Waals surface area contributed by atoms with Gasteiger partial charge in [0.1, 0.15) is 11.4 Å². The van der Waals surface area contributed by atoms with E-state index in [9.17, 15) is 4.79 Å². The van der Waals surface area contributed by atoms with Crippen molar-refractivity contribution in [1.29, 1.82) is 0 Å². The zero-order valence-electron chi connectivity index (χ0n) is 14.6. The van der Waals surface area contributed by atoms with Gasteiger partial charge >= 0.3 is 0 Å². The van der Waals surface area contributed by atoms with Crippen molar-refractivity contribution in [3.63, 3.8) is 0 Å². The molecule has 0 saturated carbocycles. The lowest BCUT2D eigenvalue weighted by Gasteiger charge is -2.11. The second-order valence-electron chi connectivity index (χ2n) is 5.51. The molecule has 0 aliphatic carbocycles. The first-order valence-corrected chi connectivity index (χ1v) is 7.75. The Morgan fingerprint density at radius 1 is 0.920 bits per heavy atom. The van der Waals surface area contributed by atoms with Crippen molar-refractivity contribution in [1.82, 2.24) is 4.57 Å². The number of anilines is 1. The molecule has 0 aliphatic rings. The summed E-state index contributed by atoms with van der Waals surface area (Å²) in [5.41, 5.74) is 2.09. The van der Waals surface area contributed by atoms with Crippen LogP contribution in [0.2, 0.25) is 0 Å². The number of amides is 1. The van der Waals surface area contributed by atoms with E-state index in [1.54, 1.807) is 39.5 Å². The fourth-order valence-electron chi connectivity index (χ4n) is 2.84. The largest absolute Gasteiger partial charge is 0.496 e. The van der Waals surface area contributed by atoms with E-state index < -0.39 is 0 Å². The van der Waals surface area contributed by atoms with Gasteiger partial charge in [-0.1, -0.05) is 6.07 Å². The van der Waals surface area contributed by atoms with Gasteiger partial charge in [-0.15, -0.1) is 0 Å². The second kappa shape index (κ2) is 6.76. The van der Waals surface area contributed by atoms with Crippen LogP contribution in [-0.2, 0) is 7.05 Å². The van der Waals surface area contributed by atoms with Crippen molar-refractivity contribution >= 4 is 22.5 Å². The molecular formula is C19H20N2O4. The van der Waals surface area contributed by atoms with Crippen LogP contribution in [0, 0.1) is 0 Å². The molecule has 1 heterocycles. The van der Waals surface area contributed by atoms with E-state index in [1.165, 1.54) is 0 Å². The van der Waals surface area contributed by atoms with Crippen LogP contribution in [0.1, 0.15) is 10.5 Å². The van der Waals surface area contributed by atoms with Crippen LogP contribution in [0.25, 0.3) is 10.9 Å². The van der Waals surface area contributed by atoms with Crippen molar-refractivity contribution in [2.75, 3.05) is 26.6 Å². The van der Waals surface area contributed by atoms with Gasteiger partial charge in [0.05, 0.1) is 26.8 Å². The zero-order valence-corrected chi connectivity index (χ0v) is 14.6. The molecule has 0 fully saturated rings. The van der Waals surface area contributed by atoms with E-state index in [0.717, 1.165) is 16.7 Å². The van der Waals surface area contributed by atoms with Crippen LogP contribution in [0.4, 0.5) is 5.69 Å². The minimum Gasteiger partial charge on any atom is -0.496 e. The highest BCUT2D eigenvalue weighted by atomic mass is 16.5. The van der Waals surface area contributed by atoms with Gasteiger partial charge in [0.25, 0.3) is 5.91 Å². The Morgan fingerprint density at radius 3 is 2.32 bits per heavy atom. The molecule has 0 radical (unpaired) electrons. The normalized spacial score (nSPS) is 10.6. The van der Waals surface area contributed by atoms with Gasteiger partial charge in [-0.3, -0.25) is 4.79 Å². The Balaban J connectivity index is 1.94. The Labute approximate surface area is 145 Å². The standard InChI is InChI=1S/C19H20N2O4/c1-21-14-6-5-7-16(23-2)13(14)11-15(21)19(22)20-12-8-9-17(24-3)18(10-12)25-4/h5-11H,1-4H3,(H,20,22). The minimum atomic E-state index is -0.215. The smallest absolute Gasteiger partial charge is 0.272 e. The Hall–Kier alpha value is -3.15. The van der Waals surface area contributed by atoms with E-state index in [4.69, 9.17) is 14.2 Å². The minimum absolute atomic E-state index is 0.215. The predicted octanol–water partition coefficient (Wildman–Crippen LogP) is 3.46. The van der Waals surface area contributed by atoms with Crippen molar-refractivity contribution in [3.8, 4) is 17.2 Å². The summed E-state index contributed by atoms with van der Waals surface area (Å²) in [6.45, 7) is 0. The van der Waals surface area contributed by atoms with Crippen molar-refractivity contribution in [3.05, 3.63) is 48.2 Å². The van der Waals surface area contributed by atoms with Gasteiger partial charge in [-0.25, -0.2) is 0 Å². The monoisotopic (exact) mass is 340 g/mol. The molecule has 3 aromatic rings. The summed E-state index contributed by atoms with van der Waals surface area (Å²) in [7, 11) is 6.59. The third kappa shape index (κ3) is 2.98. The fourth-order valence-corrected chi connectivity index (χ4v) is 2.84. The molecule has 2 aromatic carbocycles. The number of carbonyl (C=O) groups is 1. The predicted molar refractivity (Wildman–Crippen MR) is 97.0 cm³/mol. The van der Waals surface area contributed by atoms with Crippen molar-refractivity contribution < 1.29 is 19.0 Å². The van der Waals surface area contributed by atoms with Gasteiger partial charge in [-0.2, -0.15) is 0 Å². The lowest BCUT2D eigenvalue weighted by atomic mass is 10.2. The van der Waals surface area contributed by atoms with E-state index >= 15 is 0 Å². The number of ether oxygens (including phenoxy) is 3. The number of hydrogen-bond acceptors (Lipinski definition) is 4. The Kier molecular flexibility index (Phi) is 4.52. The van der Waals surface area contributed by atoms with Crippen LogP contribution in [0.3, 0.4) is 0 Å². The van der Waals surface area contributed by atoms with Crippen LogP contribution in [0.5, 0.6) is 17.2 Å². The molecule has 0 atom stereocenters. The zero-order chi connectivity index (χ0) is 18.0. The molecule has 1 N–H and O–H groups in total. The topological polar surface area (TPSA) is 61.7 Å². The van der Waals surface area contributed by atoms with E-state index in [1.807, 2.05) is 35.9 Å². The third-order valence-electron chi connectivity index (χ3n) is 4.14. The van der Waals surface area contributed by atoms with Crippen LogP contribution >= 0.6 is 0 Å². The number of fused-ring (bicyclic) bond motifs is 1. The summed E-state index contributed by atoms with van der Waals surface area (Å²) < 4.78 is 17.7. The number of methoxy groups -OCH3 is 3. The Bertz CT molecular complexity index is 931. The van der Waals surface area contributed by atoms with Gasteiger partial charge in [0.2, 0.25) is 0 Å². The molecule has 0 bridgehead atoms. The lowest BCUT2D eigenvalue weighted by molar-refractivity contribution is 0.101. The maximum Gasteiger partial charge on any atom is 0.272 e. The summed E-state index contributed by atoms with van der Waals surface area (Å²) in [5.74, 6) is 1.68. The summed E-state index contributed by atoms with van der Waals surface area (Å²) in [5, 5.41) is 3.78. The highest BCUT2D eigenvalue weighted by molar-refractivity contribution is 6.07. The first kappa shape index (κ1) is 16.7. The molecule has 0 unspecified atom stereocenters. The SMILES string of the molecule is COc1ccc(NC(=O)c2cc3c(OC)cccc3n2C)cc1OC. The molecule has 0 aliphatic heterocycles. The van der Waals surface area contributed by atoms with Crippen LogP contribution in [0.15, 0.2) is 42.5 Å². The van der Waals surface area contributed by atoms with Gasteiger partial charge in [0, 0.05) is 24.2 Å². The average molecular weight is 340 g/mol. The lowest BCUT2D eigenvalue weighted by Crippen LogP contribution is -2.15. The maximum atomic E-state index is 12.7. The molecule has 130 valence electrons.